The average molecular weight is 237 g/mol. The van der Waals surface area contributed by atoms with Gasteiger partial charge in [0.2, 0.25) is 0 Å². The molecule has 0 aromatic heterocycles. The van der Waals surface area contributed by atoms with Crippen molar-refractivity contribution in [3.63, 3.8) is 0 Å². The van der Waals surface area contributed by atoms with E-state index >= 15 is 0 Å². The summed E-state index contributed by atoms with van der Waals surface area (Å²) in [6.45, 7) is 12.2. The Morgan fingerprint density at radius 1 is 1.29 bits per heavy atom. The summed E-state index contributed by atoms with van der Waals surface area (Å²) in [5, 5.41) is 3.38. The Bertz CT molecular complexity index is 232. The molecule has 1 rings (SSSR count). The summed E-state index contributed by atoms with van der Waals surface area (Å²) in [7, 11) is 2.09. The molecule has 0 aliphatic heterocycles. The molecule has 1 N–H and O–H groups in total. The van der Waals surface area contributed by atoms with E-state index in [0.717, 1.165) is 23.7 Å². The maximum absolute atomic E-state index is 4.05. The molecule has 100 valence electrons. The molecule has 0 amide bonds. The van der Waals surface area contributed by atoms with Crippen LogP contribution in [0.25, 0.3) is 0 Å². The van der Waals surface area contributed by atoms with Gasteiger partial charge in [-0.15, -0.1) is 6.58 Å². The Labute approximate surface area is 108 Å². The molecule has 1 aliphatic rings. The quantitative estimate of drug-likeness (QED) is 0.681. The molecule has 0 aromatic carbocycles. The second-order valence-corrected chi connectivity index (χ2v) is 6.39. The van der Waals surface area contributed by atoms with Crippen molar-refractivity contribution in [1.29, 1.82) is 0 Å². The molecular weight excluding hydrogens is 206 g/mol. The van der Waals surface area contributed by atoms with Crippen LogP contribution in [0, 0.1) is 23.7 Å². The van der Waals surface area contributed by atoms with E-state index in [1.807, 2.05) is 0 Å². The smallest absolute Gasteiger partial charge is 0.00209 e. The van der Waals surface area contributed by atoms with Gasteiger partial charge in [0, 0.05) is 0 Å². The number of allylic oxidation sites excluding steroid dienone is 1. The zero-order valence-corrected chi connectivity index (χ0v) is 12.3. The van der Waals surface area contributed by atoms with Crippen LogP contribution < -0.4 is 5.32 Å². The lowest BCUT2D eigenvalue weighted by Crippen LogP contribution is -2.33. The molecule has 3 atom stereocenters. The maximum Gasteiger partial charge on any atom is -0.00209 e. The van der Waals surface area contributed by atoms with Crippen LogP contribution in [0.2, 0.25) is 0 Å². The van der Waals surface area contributed by atoms with Gasteiger partial charge in [-0.05, 0) is 76.3 Å². The van der Waals surface area contributed by atoms with E-state index in [2.05, 4.69) is 39.7 Å². The molecule has 1 saturated carbocycles. The third-order valence-electron chi connectivity index (χ3n) is 4.53. The van der Waals surface area contributed by atoms with Gasteiger partial charge < -0.3 is 5.32 Å². The Balaban J connectivity index is 2.52. The molecule has 1 aliphatic carbocycles. The highest BCUT2D eigenvalue weighted by Gasteiger charge is 2.30. The minimum atomic E-state index is 0.859. The minimum Gasteiger partial charge on any atom is -0.319 e. The van der Waals surface area contributed by atoms with Crippen LogP contribution in [0.3, 0.4) is 0 Å². The van der Waals surface area contributed by atoms with Crippen molar-refractivity contribution < 1.29 is 0 Å². The largest absolute Gasteiger partial charge is 0.319 e. The predicted octanol–water partition coefficient (Wildman–Crippen LogP) is 4.25. The fourth-order valence-electron chi connectivity index (χ4n) is 3.28. The van der Waals surface area contributed by atoms with Crippen LogP contribution in [-0.4, -0.2) is 13.6 Å². The van der Waals surface area contributed by atoms with Gasteiger partial charge in [0.15, 0.2) is 0 Å². The monoisotopic (exact) mass is 237 g/mol. The standard InChI is InChI=1S/C16H31N/c1-12(2)6-7-15-10-14(13(3)4)8-9-16(15)11-17-5/h13-17H,1,6-11H2,2-5H3. The van der Waals surface area contributed by atoms with Crippen molar-refractivity contribution in [1.82, 2.24) is 5.32 Å². The number of rotatable bonds is 6. The second kappa shape index (κ2) is 7.20. The van der Waals surface area contributed by atoms with Crippen molar-refractivity contribution >= 4 is 0 Å². The minimum absolute atomic E-state index is 0.859. The molecular formula is C16H31N. The molecule has 0 spiro atoms. The van der Waals surface area contributed by atoms with E-state index in [0.29, 0.717) is 0 Å². The first-order valence-electron chi connectivity index (χ1n) is 7.33. The van der Waals surface area contributed by atoms with Crippen LogP contribution in [0.15, 0.2) is 12.2 Å². The molecule has 0 radical (unpaired) electrons. The van der Waals surface area contributed by atoms with Gasteiger partial charge in [0.05, 0.1) is 0 Å². The summed E-state index contributed by atoms with van der Waals surface area (Å²) in [4.78, 5) is 0. The number of hydrogen-bond acceptors (Lipinski definition) is 1. The highest BCUT2D eigenvalue weighted by Crippen LogP contribution is 2.39. The molecule has 0 saturated heterocycles. The van der Waals surface area contributed by atoms with Gasteiger partial charge >= 0.3 is 0 Å². The SMILES string of the molecule is C=C(C)CCC1CC(C(C)C)CCC1CNC. The van der Waals surface area contributed by atoms with Crippen LogP contribution in [-0.2, 0) is 0 Å². The van der Waals surface area contributed by atoms with E-state index in [-0.39, 0.29) is 0 Å². The lowest BCUT2D eigenvalue weighted by molar-refractivity contribution is 0.139. The summed E-state index contributed by atoms with van der Waals surface area (Å²) in [5.41, 5.74) is 1.35. The number of nitrogens with one attached hydrogen (secondary N) is 1. The topological polar surface area (TPSA) is 12.0 Å². The average Bonchev–Trinajstić information content (AvgIpc) is 2.27. The summed E-state index contributed by atoms with van der Waals surface area (Å²) < 4.78 is 0. The van der Waals surface area contributed by atoms with Gasteiger partial charge in [0.1, 0.15) is 0 Å². The fraction of sp³-hybridized carbons (Fsp3) is 0.875. The Morgan fingerprint density at radius 3 is 2.53 bits per heavy atom. The molecule has 1 nitrogen and oxygen atoms in total. The Hall–Kier alpha value is -0.300. The van der Waals surface area contributed by atoms with E-state index in [4.69, 9.17) is 0 Å². The van der Waals surface area contributed by atoms with Crippen LogP contribution >= 0.6 is 0 Å². The van der Waals surface area contributed by atoms with Gasteiger partial charge in [-0.2, -0.15) is 0 Å². The highest BCUT2D eigenvalue weighted by atomic mass is 14.8. The van der Waals surface area contributed by atoms with E-state index < -0.39 is 0 Å². The summed E-state index contributed by atoms with van der Waals surface area (Å²) in [6.07, 6.45) is 6.87. The lowest BCUT2D eigenvalue weighted by atomic mass is 9.69. The first-order valence-corrected chi connectivity index (χ1v) is 7.33. The Kier molecular flexibility index (Phi) is 6.26. The number of hydrogen-bond donors (Lipinski definition) is 1. The fourth-order valence-corrected chi connectivity index (χ4v) is 3.28. The predicted molar refractivity (Wildman–Crippen MR) is 77.1 cm³/mol. The van der Waals surface area contributed by atoms with Crippen molar-refractivity contribution in [3.8, 4) is 0 Å². The van der Waals surface area contributed by atoms with Crippen LogP contribution in [0.1, 0.15) is 52.9 Å². The van der Waals surface area contributed by atoms with E-state index in [1.165, 1.54) is 44.2 Å². The van der Waals surface area contributed by atoms with Gasteiger partial charge in [-0.1, -0.05) is 19.4 Å². The van der Waals surface area contributed by atoms with Gasteiger partial charge in [-0.3, -0.25) is 0 Å². The van der Waals surface area contributed by atoms with Crippen molar-refractivity contribution in [2.75, 3.05) is 13.6 Å². The molecule has 1 fully saturated rings. The molecule has 3 unspecified atom stereocenters. The van der Waals surface area contributed by atoms with Crippen molar-refractivity contribution in [2.45, 2.75) is 52.9 Å². The van der Waals surface area contributed by atoms with E-state index in [9.17, 15) is 0 Å². The zero-order chi connectivity index (χ0) is 12.8. The first kappa shape index (κ1) is 14.8. The second-order valence-electron chi connectivity index (χ2n) is 6.39. The molecule has 1 heteroatoms. The summed E-state index contributed by atoms with van der Waals surface area (Å²) in [5.74, 6) is 3.63. The van der Waals surface area contributed by atoms with Crippen LogP contribution in [0.5, 0.6) is 0 Å². The van der Waals surface area contributed by atoms with Crippen molar-refractivity contribution in [3.05, 3.63) is 12.2 Å². The molecule has 0 aromatic rings. The highest BCUT2D eigenvalue weighted by molar-refractivity contribution is 4.91. The normalized spacial score (nSPS) is 29.6. The molecule has 0 bridgehead atoms. The van der Waals surface area contributed by atoms with Gasteiger partial charge in [-0.25, -0.2) is 0 Å². The summed E-state index contributed by atoms with van der Waals surface area (Å²) >= 11 is 0. The third-order valence-corrected chi connectivity index (χ3v) is 4.53. The maximum atomic E-state index is 4.05. The van der Waals surface area contributed by atoms with E-state index in [1.54, 1.807) is 0 Å². The van der Waals surface area contributed by atoms with Crippen LogP contribution in [0.4, 0.5) is 0 Å². The Morgan fingerprint density at radius 2 is 2.00 bits per heavy atom. The summed E-state index contributed by atoms with van der Waals surface area (Å²) in [6, 6.07) is 0. The van der Waals surface area contributed by atoms with Gasteiger partial charge in [0.25, 0.3) is 0 Å². The zero-order valence-electron chi connectivity index (χ0n) is 12.3. The van der Waals surface area contributed by atoms with Crippen molar-refractivity contribution in [2.24, 2.45) is 23.7 Å². The molecule has 17 heavy (non-hydrogen) atoms. The first-order chi connectivity index (χ1) is 8.04. The third kappa shape index (κ3) is 4.83. The lowest BCUT2D eigenvalue weighted by Gasteiger charge is -2.38. The molecule has 0 heterocycles.